The van der Waals surface area contributed by atoms with E-state index in [1.807, 2.05) is 34.6 Å². The van der Waals surface area contributed by atoms with E-state index in [9.17, 15) is 14.4 Å². The maximum atomic E-state index is 13.2. The van der Waals surface area contributed by atoms with Crippen molar-refractivity contribution in [3.05, 3.63) is 53.3 Å². The second-order valence-corrected chi connectivity index (χ2v) is 8.97. The SMILES string of the molecule is CC(C)N1C(=O)N(c2ccc(NC(=O)c3ccccn3)cc2Cl)C(=O)C1C(C)(C)C. The van der Waals surface area contributed by atoms with Crippen LogP contribution < -0.4 is 10.2 Å². The molecule has 0 aliphatic carbocycles. The first kappa shape index (κ1) is 21.8. The third kappa shape index (κ3) is 4.03. The van der Waals surface area contributed by atoms with E-state index in [0.717, 1.165) is 4.90 Å². The number of carbonyl (C=O) groups excluding carboxylic acids is 3. The van der Waals surface area contributed by atoms with Crippen molar-refractivity contribution < 1.29 is 14.4 Å². The third-order valence-electron chi connectivity index (χ3n) is 4.87. The van der Waals surface area contributed by atoms with Gasteiger partial charge in [0.1, 0.15) is 11.7 Å². The minimum Gasteiger partial charge on any atom is -0.321 e. The average Bonchev–Trinajstić information content (AvgIpc) is 2.94. The zero-order valence-electron chi connectivity index (χ0n) is 17.6. The van der Waals surface area contributed by atoms with E-state index >= 15 is 0 Å². The first-order chi connectivity index (χ1) is 14.0. The topological polar surface area (TPSA) is 82.6 Å². The van der Waals surface area contributed by atoms with Gasteiger partial charge in [-0.2, -0.15) is 0 Å². The molecule has 2 aromatic rings. The molecule has 30 heavy (non-hydrogen) atoms. The molecule has 1 saturated heterocycles. The molecule has 158 valence electrons. The van der Waals surface area contributed by atoms with Gasteiger partial charge in [-0.05, 0) is 49.6 Å². The Morgan fingerprint density at radius 2 is 1.87 bits per heavy atom. The van der Waals surface area contributed by atoms with Crippen molar-refractivity contribution in [2.45, 2.75) is 46.7 Å². The number of hydrogen-bond donors (Lipinski definition) is 1. The molecule has 1 atom stereocenters. The fourth-order valence-corrected chi connectivity index (χ4v) is 3.81. The zero-order valence-corrected chi connectivity index (χ0v) is 18.4. The van der Waals surface area contributed by atoms with E-state index in [-0.39, 0.29) is 28.6 Å². The molecule has 1 unspecified atom stereocenters. The summed E-state index contributed by atoms with van der Waals surface area (Å²) in [4.78, 5) is 45.3. The van der Waals surface area contributed by atoms with Crippen molar-refractivity contribution in [1.29, 1.82) is 0 Å². The van der Waals surface area contributed by atoms with Crippen molar-refractivity contribution in [2.75, 3.05) is 10.2 Å². The van der Waals surface area contributed by atoms with Crippen molar-refractivity contribution in [2.24, 2.45) is 5.41 Å². The van der Waals surface area contributed by atoms with Crippen molar-refractivity contribution in [3.8, 4) is 0 Å². The van der Waals surface area contributed by atoms with E-state index in [0.29, 0.717) is 11.4 Å². The van der Waals surface area contributed by atoms with E-state index in [4.69, 9.17) is 11.6 Å². The van der Waals surface area contributed by atoms with Gasteiger partial charge in [-0.25, -0.2) is 9.69 Å². The van der Waals surface area contributed by atoms with E-state index in [2.05, 4.69) is 10.3 Å². The number of nitrogens with zero attached hydrogens (tertiary/aromatic N) is 3. The van der Waals surface area contributed by atoms with Crippen LogP contribution in [0.2, 0.25) is 5.02 Å². The summed E-state index contributed by atoms with van der Waals surface area (Å²) in [5.41, 5.74) is 0.559. The normalized spacial score (nSPS) is 17.1. The predicted molar refractivity (Wildman–Crippen MR) is 117 cm³/mol. The molecule has 4 amide bonds. The van der Waals surface area contributed by atoms with E-state index in [1.54, 1.807) is 35.2 Å². The summed E-state index contributed by atoms with van der Waals surface area (Å²) in [6.07, 6.45) is 1.53. The van der Waals surface area contributed by atoms with Gasteiger partial charge >= 0.3 is 6.03 Å². The molecule has 3 rings (SSSR count). The Bertz CT molecular complexity index is 986. The van der Waals surface area contributed by atoms with Gasteiger partial charge in [0.2, 0.25) is 0 Å². The average molecular weight is 429 g/mol. The Morgan fingerprint density at radius 3 is 2.37 bits per heavy atom. The maximum absolute atomic E-state index is 13.2. The zero-order chi connectivity index (χ0) is 22.2. The van der Waals surface area contributed by atoms with Crippen LogP contribution in [0.5, 0.6) is 0 Å². The maximum Gasteiger partial charge on any atom is 0.332 e. The second kappa shape index (κ2) is 8.07. The largest absolute Gasteiger partial charge is 0.332 e. The number of nitrogens with one attached hydrogen (secondary N) is 1. The molecule has 7 nitrogen and oxygen atoms in total. The standard InChI is InChI=1S/C22H25ClN4O3/c1-13(2)26-18(22(3,4)5)20(29)27(21(26)30)17-10-9-14(12-15(17)23)25-19(28)16-8-6-7-11-24-16/h6-13,18H,1-5H3,(H,25,28). The molecular weight excluding hydrogens is 404 g/mol. The number of rotatable bonds is 4. The first-order valence-electron chi connectivity index (χ1n) is 9.70. The van der Waals surface area contributed by atoms with Gasteiger partial charge in [-0.1, -0.05) is 38.4 Å². The number of aromatic nitrogens is 1. The molecule has 1 N–H and O–H groups in total. The highest BCUT2D eigenvalue weighted by Crippen LogP contribution is 2.39. The number of benzene rings is 1. The van der Waals surface area contributed by atoms with Crippen LogP contribution in [0, 0.1) is 5.41 Å². The number of carbonyl (C=O) groups is 3. The predicted octanol–water partition coefficient (Wildman–Crippen LogP) is 4.58. The third-order valence-corrected chi connectivity index (χ3v) is 5.17. The second-order valence-electron chi connectivity index (χ2n) is 8.56. The number of hydrogen-bond acceptors (Lipinski definition) is 4. The Kier molecular flexibility index (Phi) is 5.85. The van der Waals surface area contributed by atoms with Gasteiger partial charge < -0.3 is 10.2 Å². The Morgan fingerprint density at radius 1 is 1.17 bits per heavy atom. The Balaban J connectivity index is 1.90. The number of halogens is 1. The lowest BCUT2D eigenvalue weighted by Gasteiger charge is -2.34. The van der Waals surface area contributed by atoms with Crippen molar-refractivity contribution >= 4 is 40.8 Å². The monoisotopic (exact) mass is 428 g/mol. The number of urea groups is 1. The number of imide groups is 1. The van der Waals surface area contributed by atoms with E-state index in [1.165, 1.54) is 12.3 Å². The van der Waals surface area contributed by atoms with Gasteiger partial charge in [0.15, 0.2) is 0 Å². The molecule has 2 heterocycles. The van der Waals surface area contributed by atoms with Gasteiger partial charge in [0.05, 0.1) is 10.7 Å². The lowest BCUT2D eigenvalue weighted by Crippen LogP contribution is -2.47. The molecule has 1 aliphatic heterocycles. The van der Waals surface area contributed by atoms with Crippen LogP contribution in [-0.4, -0.2) is 39.8 Å². The van der Waals surface area contributed by atoms with Gasteiger partial charge in [0, 0.05) is 17.9 Å². The van der Waals surface area contributed by atoms with Crippen LogP contribution in [0.15, 0.2) is 42.6 Å². The number of pyridine rings is 1. The summed E-state index contributed by atoms with van der Waals surface area (Å²) in [6.45, 7) is 9.55. The minimum atomic E-state index is -0.593. The van der Waals surface area contributed by atoms with Crippen molar-refractivity contribution in [1.82, 2.24) is 9.88 Å². The lowest BCUT2D eigenvalue weighted by atomic mass is 9.85. The molecular formula is C22H25ClN4O3. The number of anilines is 2. The molecule has 0 bridgehead atoms. The van der Waals surface area contributed by atoms with Crippen LogP contribution in [0.3, 0.4) is 0 Å². The van der Waals surface area contributed by atoms with Gasteiger partial charge in [-0.15, -0.1) is 0 Å². The molecule has 1 fully saturated rings. The summed E-state index contributed by atoms with van der Waals surface area (Å²) in [5.74, 6) is -0.695. The quantitative estimate of drug-likeness (QED) is 0.722. The fraction of sp³-hybridized carbons (Fsp3) is 0.364. The molecule has 0 saturated carbocycles. The highest BCUT2D eigenvalue weighted by molar-refractivity contribution is 6.36. The van der Waals surface area contributed by atoms with Crippen LogP contribution in [0.25, 0.3) is 0 Å². The summed E-state index contributed by atoms with van der Waals surface area (Å²) < 4.78 is 0. The first-order valence-corrected chi connectivity index (χ1v) is 10.1. The molecule has 0 spiro atoms. The summed E-state index contributed by atoms with van der Waals surface area (Å²) in [7, 11) is 0. The fourth-order valence-electron chi connectivity index (χ4n) is 3.55. The van der Waals surface area contributed by atoms with Gasteiger partial charge in [0.25, 0.3) is 11.8 Å². The minimum absolute atomic E-state index is 0.147. The van der Waals surface area contributed by atoms with Crippen molar-refractivity contribution in [3.63, 3.8) is 0 Å². The molecule has 1 aromatic heterocycles. The summed E-state index contributed by atoms with van der Waals surface area (Å²) in [6, 6.07) is 8.58. The Hall–Kier alpha value is -2.93. The molecule has 8 heteroatoms. The lowest BCUT2D eigenvalue weighted by molar-refractivity contribution is -0.122. The molecule has 1 aromatic carbocycles. The number of amides is 4. The summed E-state index contributed by atoms with van der Waals surface area (Å²) >= 11 is 6.43. The highest BCUT2D eigenvalue weighted by atomic mass is 35.5. The van der Waals surface area contributed by atoms with Crippen LogP contribution >= 0.6 is 11.6 Å². The molecule has 0 radical (unpaired) electrons. The van der Waals surface area contributed by atoms with Crippen LogP contribution in [0.4, 0.5) is 16.2 Å². The smallest absolute Gasteiger partial charge is 0.321 e. The van der Waals surface area contributed by atoms with Gasteiger partial charge in [-0.3, -0.25) is 14.6 Å². The molecule has 1 aliphatic rings. The van der Waals surface area contributed by atoms with Crippen LogP contribution in [-0.2, 0) is 4.79 Å². The van der Waals surface area contributed by atoms with E-state index < -0.39 is 17.5 Å². The van der Waals surface area contributed by atoms with Crippen LogP contribution in [0.1, 0.15) is 45.1 Å². The Labute approximate surface area is 181 Å². The summed E-state index contributed by atoms with van der Waals surface area (Å²) in [5, 5.41) is 2.90. The highest BCUT2D eigenvalue weighted by Gasteiger charge is 2.52.